The number of anilines is 1. The molecule has 1 aromatic carbocycles. The number of nitrogens with zero attached hydrogens (tertiary/aromatic N) is 3. The van der Waals surface area contributed by atoms with E-state index in [-0.39, 0.29) is 17.1 Å². The van der Waals surface area contributed by atoms with Crippen LogP contribution in [0.25, 0.3) is 0 Å². The second-order valence-corrected chi connectivity index (χ2v) is 7.58. The maximum atomic E-state index is 11.1. The summed E-state index contributed by atoms with van der Waals surface area (Å²) in [4.78, 5) is 20.6. The molecule has 136 valence electrons. The molecule has 0 atom stereocenters. The molecule has 0 heterocycles. The van der Waals surface area contributed by atoms with Gasteiger partial charge in [-0.3, -0.25) is 25.7 Å². The number of hydrogen-bond donors (Lipinski definition) is 1. The summed E-state index contributed by atoms with van der Waals surface area (Å²) in [6, 6.07) is 3.47. The molecule has 1 N–H and O–H groups in total. The smallest absolute Gasteiger partial charge is 0.272 e. The maximum absolute atomic E-state index is 11.1. The van der Waals surface area contributed by atoms with Crippen molar-refractivity contribution in [3.8, 4) is 0 Å². The van der Waals surface area contributed by atoms with Gasteiger partial charge in [-0.1, -0.05) is 5.57 Å². The highest BCUT2D eigenvalue weighted by atomic mass is 16.6. The minimum Gasteiger partial charge on any atom is -0.272 e. The Kier molecular flexibility index (Phi) is 4.18. The molecule has 0 spiro atoms. The van der Waals surface area contributed by atoms with Crippen LogP contribution < -0.4 is 5.43 Å². The highest BCUT2D eigenvalue weighted by Crippen LogP contribution is 2.56. The first-order valence-electron chi connectivity index (χ1n) is 8.93. The third-order valence-electron chi connectivity index (χ3n) is 6.00. The van der Waals surface area contributed by atoms with Gasteiger partial charge in [-0.15, -0.1) is 0 Å². The summed E-state index contributed by atoms with van der Waals surface area (Å²) in [6.45, 7) is 0. The minimum absolute atomic E-state index is 0.139. The van der Waals surface area contributed by atoms with Crippen molar-refractivity contribution in [2.45, 2.75) is 32.1 Å². The van der Waals surface area contributed by atoms with Gasteiger partial charge in [-0.05, 0) is 67.9 Å². The molecule has 26 heavy (non-hydrogen) atoms. The summed E-state index contributed by atoms with van der Waals surface area (Å²) in [5.41, 5.74) is 3.58. The van der Waals surface area contributed by atoms with Crippen molar-refractivity contribution in [3.05, 3.63) is 50.1 Å². The predicted molar refractivity (Wildman–Crippen MR) is 97.0 cm³/mol. The van der Waals surface area contributed by atoms with Gasteiger partial charge in [0.1, 0.15) is 5.69 Å². The van der Waals surface area contributed by atoms with E-state index in [2.05, 4.69) is 16.6 Å². The zero-order valence-corrected chi connectivity index (χ0v) is 14.2. The normalized spacial score (nSPS) is 29.2. The summed E-state index contributed by atoms with van der Waals surface area (Å²) >= 11 is 0. The fourth-order valence-corrected chi connectivity index (χ4v) is 5.11. The molecule has 0 amide bonds. The van der Waals surface area contributed by atoms with Crippen LogP contribution in [0.15, 0.2) is 34.9 Å². The predicted octanol–water partition coefficient (Wildman–Crippen LogP) is 4.28. The van der Waals surface area contributed by atoms with Gasteiger partial charge in [0.15, 0.2) is 0 Å². The van der Waals surface area contributed by atoms with Gasteiger partial charge in [0.2, 0.25) is 0 Å². The first-order valence-corrected chi connectivity index (χ1v) is 8.93. The van der Waals surface area contributed by atoms with Crippen LogP contribution in [-0.4, -0.2) is 16.1 Å². The number of benzene rings is 1. The minimum atomic E-state index is -0.656. The highest BCUT2D eigenvalue weighted by molar-refractivity contribution is 5.75. The summed E-state index contributed by atoms with van der Waals surface area (Å²) in [5.74, 6) is 3.14. The molecule has 0 saturated heterocycles. The molecule has 8 heteroatoms. The van der Waals surface area contributed by atoms with Crippen LogP contribution in [-0.2, 0) is 0 Å². The van der Waals surface area contributed by atoms with Crippen molar-refractivity contribution in [2.75, 3.05) is 5.43 Å². The van der Waals surface area contributed by atoms with E-state index in [1.807, 2.05) is 0 Å². The summed E-state index contributed by atoms with van der Waals surface area (Å²) in [7, 11) is 0. The van der Waals surface area contributed by atoms with Crippen molar-refractivity contribution in [1.82, 2.24) is 0 Å². The largest absolute Gasteiger partial charge is 0.301 e. The van der Waals surface area contributed by atoms with Gasteiger partial charge < -0.3 is 0 Å². The molecule has 4 aliphatic carbocycles. The van der Waals surface area contributed by atoms with Crippen LogP contribution >= 0.6 is 0 Å². The Hall–Kier alpha value is -2.77. The Morgan fingerprint density at radius 2 is 1.65 bits per heavy atom. The van der Waals surface area contributed by atoms with Crippen LogP contribution in [0, 0.1) is 43.9 Å². The van der Waals surface area contributed by atoms with E-state index in [4.69, 9.17) is 0 Å². The van der Waals surface area contributed by atoms with Gasteiger partial charge in [-0.2, -0.15) is 5.10 Å². The van der Waals surface area contributed by atoms with Crippen molar-refractivity contribution in [1.29, 1.82) is 0 Å². The summed E-state index contributed by atoms with van der Waals surface area (Å²) in [5, 5.41) is 26.0. The maximum Gasteiger partial charge on any atom is 0.301 e. The Morgan fingerprint density at radius 1 is 1.00 bits per heavy atom. The summed E-state index contributed by atoms with van der Waals surface area (Å²) < 4.78 is 0. The number of rotatable bonds is 5. The van der Waals surface area contributed by atoms with E-state index in [0.717, 1.165) is 17.9 Å². The van der Waals surface area contributed by atoms with Gasteiger partial charge >= 0.3 is 5.69 Å². The number of hydrazone groups is 1. The fraction of sp³-hybridized carbons (Fsp3) is 0.500. The number of hydrogen-bond acceptors (Lipinski definition) is 6. The number of nitro benzene ring substituents is 2. The average Bonchev–Trinajstić information content (AvgIpc) is 2.59. The van der Waals surface area contributed by atoms with E-state index in [9.17, 15) is 20.2 Å². The van der Waals surface area contributed by atoms with E-state index in [0.29, 0.717) is 11.8 Å². The van der Waals surface area contributed by atoms with Gasteiger partial charge in [0, 0.05) is 12.3 Å². The third-order valence-corrected chi connectivity index (χ3v) is 6.00. The lowest BCUT2D eigenvalue weighted by molar-refractivity contribution is -0.393. The lowest BCUT2D eigenvalue weighted by Crippen LogP contribution is -2.40. The molecule has 0 radical (unpaired) electrons. The topological polar surface area (TPSA) is 111 Å². The van der Waals surface area contributed by atoms with E-state index in [1.165, 1.54) is 49.8 Å². The Bertz CT molecular complexity index is 787. The fourth-order valence-electron chi connectivity index (χ4n) is 5.11. The molecular formula is C18H20N4O4. The van der Waals surface area contributed by atoms with Crippen LogP contribution in [0.1, 0.15) is 32.1 Å². The lowest BCUT2D eigenvalue weighted by Gasteiger charge is -2.51. The molecule has 0 aliphatic heterocycles. The van der Waals surface area contributed by atoms with Crippen LogP contribution in [0.4, 0.5) is 17.1 Å². The zero-order chi connectivity index (χ0) is 18.3. The van der Waals surface area contributed by atoms with Crippen molar-refractivity contribution in [3.63, 3.8) is 0 Å². The molecule has 0 aromatic heterocycles. The Balaban J connectivity index is 1.47. The van der Waals surface area contributed by atoms with Crippen LogP contribution in [0.2, 0.25) is 0 Å². The van der Waals surface area contributed by atoms with Crippen LogP contribution in [0.5, 0.6) is 0 Å². The van der Waals surface area contributed by atoms with Crippen molar-refractivity contribution < 1.29 is 9.85 Å². The molecule has 1 aromatic rings. The number of nitro groups is 2. The van der Waals surface area contributed by atoms with Gasteiger partial charge in [0.25, 0.3) is 5.69 Å². The molecular weight excluding hydrogens is 336 g/mol. The average molecular weight is 356 g/mol. The molecule has 4 saturated carbocycles. The van der Waals surface area contributed by atoms with E-state index in [1.54, 1.807) is 6.21 Å². The summed E-state index contributed by atoms with van der Waals surface area (Å²) in [6.07, 6.45) is 10.3. The van der Waals surface area contributed by atoms with E-state index < -0.39 is 9.85 Å². The monoisotopic (exact) mass is 356 g/mol. The Morgan fingerprint density at radius 3 is 2.23 bits per heavy atom. The number of nitrogens with one attached hydrogen (secondary N) is 1. The number of allylic oxidation sites excluding steroid dienone is 2. The first-order chi connectivity index (χ1) is 12.5. The standard InChI is InChI=1S/C18H20N4O4/c23-21(24)15-1-2-17(18(10-15)22(25)26)20-19-4-3-16-13-6-11-5-12(8-13)9-14(16)7-11/h1-4,10-14,20H,5-9H2/b16-3?,19-4-. The van der Waals surface area contributed by atoms with Gasteiger partial charge in [-0.25, -0.2) is 0 Å². The van der Waals surface area contributed by atoms with Crippen LogP contribution in [0.3, 0.4) is 0 Å². The number of non-ortho nitro benzene ring substituents is 1. The molecule has 8 nitrogen and oxygen atoms in total. The lowest BCUT2D eigenvalue weighted by atomic mass is 9.54. The van der Waals surface area contributed by atoms with Crippen molar-refractivity contribution in [2.24, 2.45) is 28.8 Å². The van der Waals surface area contributed by atoms with Crippen molar-refractivity contribution >= 4 is 23.3 Å². The third kappa shape index (κ3) is 3.07. The highest BCUT2D eigenvalue weighted by Gasteiger charge is 2.44. The van der Waals surface area contributed by atoms with Gasteiger partial charge in [0.05, 0.1) is 15.9 Å². The molecule has 0 unspecified atom stereocenters. The molecule has 4 bridgehead atoms. The zero-order valence-electron chi connectivity index (χ0n) is 14.2. The second kappa shape index (κ2) is 6.51. The molecule has 4 aliphatic rings. The second-order valence-electron chi connectivity index (χ2n) is 7.58. The molecule has 5 rings (SSSR count). The SMILES string of the molecule is O=[N+]([O-])c1ccc(N/N=C\C=C2C3CC4CC(C3)CC2C4)c([N+](=O)[O-])c1. The first kappa shape index (κ1) is 16.7. The quantitative estimate of drug-likeness (QED) is 0.481. The van der Waals surface area contributed by atoms with E-state index >= 15 is 0 Å². The Labute approximate surface area is 150 Å². The molecule has 4 fully saturated rings.